The van der Waals surface area contributed by atoms with Gasteiger partial charge in [0.2, 0.25) is 17.8 Å². The number of aromatic nitrogens is 3. The molecule has 0 radical (unpaired) electrons. The molecular formula is C17H14ClN5O. The number of benzene rings is 2. The van der Waals surface area contributed by atoms with Crippen molar-refractivity contribution in [3.8, 4) is 0 Å². The van der Waals surface area contributed by atoms with Gasteiger partial charge in [-0.2, -0.15) is 4.98 Å². The van der Waals surface area contributed by atoms with Gasteiger partial charge in [0, 0.05) is 17.5 Å². The van der Waals surface area contributed by atoms with Crippen LogP contribution in [-0.4, -0.2) is 27.9 Å². The summed E-state index contributed by atoms with van der Waals surface area (Å²) in [5, 5.41) is 5.16. The van der Waals surface area contributed by atoms with Crippen molar-refractivity contribution in [2.75, 3.05) is 17.3 Å². The highest BCUT2D eigenvalue weighted by atomic mass is 35.5. The van der Waals surface area contributed by atoms with E-state index in [9.17, 15) is 4.79 Å². The Morgan fingerprint density at radius 3 is 2.88 bits per heavy atom. The Hall–Kier alpha value is -2.99. The van der Waals surface area contributed by atoms with Crippen molar-refractivity contribution < 1.29 is 4.79 Å². The number of halogens is 1. The highest BCUT2D eigenvalue weighted by molar-refractivity contribution is 6.32. The minimum atomic E-state index is -0.386. The predicted octanol–water partition coefficient (Wildman–Crippen LogP) is 3.57. The molecule has 1 amide bonds. The van der Waals surface area contributed by atoms with Gasteiger partial charge in [-0.05, 0) is 23.6 Å². The Labute approximate surface area is 143 Å². The minimum Gasteiger partial charge on any atom is -0.313 e. The lowest BCUT2D eigenvalue weighted by molar-refractivity contribution is -0.111. The zero-order chi connectivity index (χ0) is 17.1. The molecule has 0 saturated heterocycles. The predicted molar refractivity (Wildman–Crippen MR) is 95.7 cm³/mol. The average molecular weight is 340 g/mol. The first kappa shape index (κ1) is 15.9. The van der Waals surface area contributed by atoms with E-state index in [-0.39, 0.29) is 11.9 Å². The van der Waals surface area contributed by atoms with Gasteiger partial charge in [-0.15, -0.1) is 0 Å². The van der Waals surface area contributed by atoms with Crippen LogP contribution in [0.3, 0.4) is 0 Å². The summed E-state index contributed by atoms with van der Waals surface area (Å²) in [5.41, 5.74) is 0.852. The normalized spacial score (nSPS) is 10.4. The van der Waals surface area contributed by atoms with Crippen LogP contribution in [0.15, 0.2) is 55.4 Å². The molecule has 120 valence electrons. The van der Waals surface area contributed by atoms with E-state index >= 15 is 0 Å². The van der Waals surface area contributed by atoms with Gasteiger partial charge in [0.15, 0.2) is 0 Å². The van der Waals surface area contributed by atoms with Gasteiger partial charge in [-0.3, -0.25) is 10.1 Å². The molecule has 0 spiro atoms. The van der Waals surface area contributed by atoms with Gasteiger partial charge >= 0.3 is 0 Å². The van der Waals surface area contributed by atoms with Crippen molar-refractivity contribution in [2.24, 2.45) is 0 Å². The largest absolute Gasteiger partial charge is 0.313 e. The van der Waals surface area contributed by atoms with Crippen molar-refractivity contribution in [1.29, 1.82) is 0 Å². The Bertz CT molecular complexity index is 928. The Morgan fingerprint density at radius 2 is 2.08 bits per heavy atom. The van der Waals surface area contributed by atoms with Crippen LogP contribution in [0.5, 0.6) is 0 Å². The summed E-state index contributed by atoms with van der Waals surface area (Å²) in [6.07, 6.45) is 2.49. The average Bonchev–Trinajstić information content (AvgIpc) is 2.60. The van der Waals surface area contributed by atoms with Crippen molar-refractivity contribution in [3.05, 3.63) is 60.4 Å². The lowest BCUT2D eigenvalue weighted by Crippen LogP contribution is -2.17. The van der Waals surface area contributed by atoms with Crippen LogP contribution in [0, 0.1) is 0 Å². The molecule has 3 rings (SSSR count). The third-order valence-electron chi connectivity index (χ3n) is 3.45. The van der Waals surface area contributed by atoms with Crippen molar-refractivity contribution in [3.63, 3.8) is 0 Å². The second-order valence-corrected chi connectivity index (χ2v) is 5.44. The fourth-order valence-electron chi connectivity index (χ4n) is 2.31. The zero-order valence-electron chi connectivity index (χ0n) is 12.9. The maximum Gasteiger partial charge on any atom is 0.250 e. The summed E-state index contributed by atoms with van der Waals surface area (Å²) >= 11 is 6.23. The quantitative estimate of drug-likeness (QED) is 0.736. The summed E-state index contributed by atoms with van der Waals surface area (Å²) < 4.78 is 0. The maximum atomic E-state index is 11.4. The monoisotopic (exact) mass is 339 g/mol. The molecule has 1 heterocycles. The number of carbonyl (C=O) groups is 1. The third kappa shape index (κ3) is 3.18. The number of hydrogen-bond donors (Lipinski definition) is 1. The highest BCUT2D eigenvalue weighted by Gasteiger charge is 2.13. The molecule has 6 nitrogen and oxygen atoms in total. The van der Waals surface area contributed by atoms with Crippen LogP contribution < -0.4 is 10.2 Å². The van der Waals surface area contributed by atoms with E-state index in [0.29, 0.717) is 11.0 Å². The van der Waals surface area contributed by atoms with Gasteiger partial charge in [-0.1, -0.05) is 42.4 Å². The minimum absolute atomic E-state index is 0.156. The number of rotatable bonds is 4. The molecule has 0 aliphatic carbocycles. The van der Waals surface area contributed by atoms with E-state index in [2.05, 4.69) is 26.8 Å². The first-order chi connectivity index (χ1) is 11.6. The van der Waals surface area contributed by atoms with E-state index in [0.717, 1.165) is 22.5 Å². The van der Waals surface area contributed by atoms with Crippen LogP contribution >= 0.6 is 11.6 Å². The van der Waals surface area contributed by atoms with E-state index < -0.39 is 0 Å². The smallest absolute Gasteiger partial charge is 0.250 e. The molecule has 2 aromatic carbocycles. The lowest BCUT2D eigenvalue weighted by atomic mass is 10.1. The highest BCUT2D eigenvalue weighted by Crippen LogP contribution is 2.32. The summed E-state index contributed by atoms with van der Waals surface area (Å²) in [6.45, 7) is 3.40. The van der Waals surface area contributed by atoms with E-state index in [1.165, 1.54) is 6.33 Å². The summed E-state index contributed by atoms with van der Waals surface area (Å²) in [4.78, 5) is 25.5. The molecule has 0 fully saturated rings. The lowest BCUT2D eigenvalue weighted by Gasteiger charge is -2.19. The molecule has 0 saturated carbocycles. The van der Waals surface area contributed by atoms with Crippen molar-refractivity contribution in [1.82, 2.24) is 15.0 Å². The van der Waals surface area contributed by atoms with Crippen LogP contribution in [0.4, 0.5) is 17.6 Å². The number of carbonyl (C=O) groups excluding carboxylic acids is 1. The molecule has 0 unspecified atom stereocenters. The number of fused-ring (bicyclic) bond motifs is 1. The summed E-state index contributed by atoms with van der Waals surface area (Å²) in [6, 6.07) is 11.6. The number of amides is 1. The summed E-state index contributed by atoms with van der Waals surface area (Å²) in [7, 11) is 1.83. The Kier molecular flexibility index (Phi) is 4.39. The molecule has 0 aliphatic rings. The molecule has 24 heavy (non-hydrogen) atoms. The second-order valence-electron chi connectivity index (χ2n) is 5.01. The molecule has 7 heteroatoms. The molecule has 1 N–H and O–H groups in total. The van der Waals surface area contributed by atoms with Gasteiger partial charge < -0.3 is 4.90 Å². The Balaban J connectivity index is 2.03. The zero-order valence-corrected chi connectivity index (χ0v) is 13.7. The first-order valence-electron chi connectivity index (χ1n) is 7.13. The molecule has 0 bridgehead atoms. The number of nitrogens with one attached hydrogen (secondary N) is 1. The number of anilines is 3. The summed E-state index contributed by atoms with van der Waals surface area (Å²) in [5.74, 6) is 0.155. The van der Waals surface area contributed by atoms with E-state index in [1.54, 1.807) is 4.90 Å². The maximum absolute atomic E-state index is 11.4. The van der Waals surface area contributed by atoms with Crippen molar-refractivity contribution in [2.45, 2.75) is 0 Å². The fourth-order valence-corrected chi connectivity index (χ4v) is 2.53. The van der Waals surface area contributed by atoms with Gasteiger partial charge in [0.25, 0.3) is 0 Å². The topological polar surface area (TPSA) is 71.0 Å². The molecule has 1 aromatic heterocycles. The third-order valence-corrected chi connectivity index (χ3v) is 3.66. The first-order valence-corrected chi connectivity index (χ1v) is 7.51. The Morgan fingerprint density at radius 1 is 1.29 bits per heavy atom. The van der Waals surface area contributed by atoms with E-state index in [1.807, 2.05) is 43.4 Å². The van der Waals surface area contributed by atoms with Gasteiger partial charge in [0.1, 0.15) is 6.33 Å². The number of nitrogens with zero attached hydrogens (tertiary/aromatic N) is 4. The molecular weight excluding hydrogens is 326 g/mol. The van der Waals surface area contributed by atoms with Crippen LogP contribution in [0.25, 0.3) is 10.8 Å². The standard InChI is InChI=1S/C17H14ClN5O/c1-3-15(24)21-16-19-10-20-17(22-16)23(2)14-9-12(18)8-11-6-4-5-7-13(11)14/h3-10H,1H2,2H3,(H,19,20,21,22,24). The van der Waals surface area contributed by atoms with Gasteiger partial charge in [0.05, 0.1) is 5.69 Å². The SMILES string of the molecule is C=CC(=O)Nc1ncnc(N(C)c2cc(Cl)cc3ccccc23)n1. The number of hydrogen-bond acceptors (Lipinski definition) is 5. The molecule has 0 aliphatic heterocycles. The van der Waals surface area contributed by atoms with Crippen LogP contribution in [-0.2, 0) is 4.79 Å². The van der Waals surface area contributed by atoms with E-state index in [4.69, 9.17) is 11.6 Å². The van der Waals surface area contributed by atoms with Crippen molar-refractivity contribution >= 4 is 45.9 Å². The van der Waals surface area contributed by atoms with Crippen LogP contribution in [0.1, 0.15) is 0 Å². The van der Waals surface area contributed by atoms with Gasteiger partial charge in [-0.25, -0.2) is 9.97 Å². The van der Waals surface area contributed by atoms with Crippen LogP contribution in [0.2, 0.25) is 5.02 Å². The molecule has 3 aromatic rings. The fraction of sp³-hybridized carbons (Fsp3) is 0.0588. The molecule has 0 atom stereocenters. The second kappa shape index (κ2) is 6.64.